The summed E-state index contributed by atoms with van der Waals surface area (Å²) < 4.78 is 16.8. The monoisotopic (exact) mass is 391 g/mol. The molecule has 1 aliphatic rings. The summed E-state index contributed by atoms with van der Waals surface area (Å²) in [7, 11) is 3.36. The van der Waals surface area contributed by atoms with Gasteiger partial charge in [-0.2, -0.15) is 0 Å². The molecular weight excluding hydrogens is 350 g/mol. The molecule has 0 saturated carbocycles. The number of methoxy groups -OCH3 is 2. The van der Waals surface area contributed by atoms with Crippen LogP contribution in [0.15, 0.2) is 18.2 Å². The Kier molecular flexibility index (Phi) is 9.10. The maximum atomic E-state index is 6.08. The molecule has 1 aromatic carbocycles. The Morgan fingerprint density at radius 3 is 2.50 bits per heavy atom. The highest BCUT2D eigenvalue weighted by Gasteiger charge is 2.37. The third kappa shape index (κ3) is 6.66. The zero-order chi connectivity index (χ0) is 20.6. The highest BCUT2D eigenvalue weighted by atomic mass is 16.5. The summed E-state index contributed by atoms with van der Waals surface area (Å²) >= 11 is 0. The molecule has 0 aliphatic carbocycles. The molecule has 1 aliphatic heterocycles. The van der Waals surface area contributed by atoms with Gasteiger partial charge in [-0.1, -0.05) is 40.2 Å². The van der Waals surface area contributed by atoms with Crippen molar-refractivity contribution in [3.8, 4) is 11.5 Å². The van der Waals surface area contributed by atoms with Crippen LogP contribution in [0.2, 0.25) is 0 Å². The first-order valence-electron chi connectivity index (χ1n) is 10.9. The van der Waals surface area contributed by atoms with Crippen molar-refractivity contribution < 1.29 is 14.2 Å². The molecule has 1 fully saturated rings. The standard InChI is InChI=1S/C24H41NO3/c1-18(2)9-10-24(12-14-28-23(16-24)19(3)4)11-13-25-17-20-7-8-21(26-5)22(15-20)27-6/h7-8,15,18-19,23,25H,9-14,16-17H2,1-6H3/t23-,24-/m1/s1. The maximum Gasteiger partial charge on any atom is 0.161 e. The summed E-state index contributed by atoms with van der Waals surface area (Å²) in [6.07, 6.45) is 6.65. The molecule has 1 aromatic rings. The summed E-state index contributed by atoms with van der Waals surface area (Å²) in [5, 5.41) is 3.66. The summed E-state index contributed by atoms with van der Waals surface area (Å²) in [6.45, 7) is 12.1. The lowest BCUT2D eigenvalue weighted by atomic mass is 9.69. The van der Waals surface area contributed by atoms with Crippen LogP contribution in [0.4, 0.5) is 0 Å². The van der Waals surface area contributed by atoms with E-state index in [0.29, 0.717) is 17.4 Å². The van der Waals surface area contributed by atoms with Crippen molar-refractivity contribution >= 4 is 0 Å². The molecule has 0 unspecified atom stereocenters. The molecule has 28 heavy (non-hydrogen) atoms. The Balaban J connectivity index is 1.92. The van der Waals surface area contributed by atoms with Crippen molar-refractivity contribution in [1.82, 2.24) is 5.32 Å². The first kappa shape index (κ1) is 23.0. The second kappa shape index (κ2) is 11.1. The van der Waals surface area contributed by atoms with Crippen molar-refractivity contribution in [3.05, 3.63) is 23.8 Å². The number of hydrogen-bond donors (Lipinski definition) is 1. The van der Waals surface area contributed by atoms with Crippen LogP contribution >= 0.6 is 0 Å². The van der Waals surface area contributed by atoms with Gasteiger partial charge in [-0.25, -0.2) is 0 Å². The molecule has 0 spiro atoms. The molecule has 160 valence electrons. The minimum atomic E-state index is 0.409. The van der Waals surface area contributed by atoms with Crippen molar-refractivity contribution in [2.24, 2.45) is 17.3 Å². The van der Waals surface area contributed by atoms with Gasteiger partial charge < -0.3 is 19.5 Å². The molecule has 1 heterocycles. The predicted octanol–water partition coefficient (Wildman–Crippen LogP) is 5.44. The van der Waals surface area contributed by atoms with E-state index in [9.17, 15) is 0 Å². The molecule has 0 radical (unpaired) electrons. The van der Waals surface area contributed by atoms with Crippen LogP contribution in [0.3, 0.4) is 0 Å². The van der Waals surface area contributed by atoms with E-state index in [-0.39, 0.29) is 0 Å². The highest BCUT2D eigenvalue weighted by Crippen LogP contribution is 2.43. The van der Waals surface area contributed by atoms with Crippen molar-refractivity contribution in [2.75, 3.05) is 27.4 Å². The molecular formula is C24H41NO3. The first-order chi connectivity index (χ1) is 13.4. The van der Waals surface area contributed by atoms with E-state index in [1.165, 1.54) is 37.7 Å². The molecule has 4 heteroatoms. The molecule has 0 bridgehead atoms. The fraction of sp³-hybridized carbons (Fsp3) is 0.750. The van der Waals surface area contributed by atoms with Crippen LogP contribution < -0.4 is 14.8 Å². The van der Waals surface area contributed by atoms with Crippen molar-refractivity contribution in [2.45, 2.75) is 72.4 Å². The Labute approximate surface area is 172 Å². The van der Waals surface area contributed by atoms with Crippen molar-refractivity contribution in [3.63, 3.8) is 0 Å². The van der Waals surface area contributed by atoms with Crippen LogP contribution in [0.5, 0.6) is 11.5 Å². The SMILES string of the molecule is COc1ccc(CNCC[C@]2(CCC(C)C)CCO[C@@H](C(C)C)C2)cc1OC. The lowest BCUT2D eigenvalue weighted by molar-refractivity contribution is -0.0761. The largest absolute Gasteiger partial charge is 0.493 e. The fourth-order valence-electron chi connectivity index (χ4n) is 4.19. The van der Waals surface area contributed by atoms with Gasteiger partial charge in [0.1, 0.15) is 0 Å². The Bertz CT molecular complexity index is 587. The highest BCUT2D eigenvalue weighted by molar-refractivity contribution is 5.42. The minimum absolute atomic E-state index is 0.409. The third-order valence-electron chi connectivity index (χ3n) is 6.20. The lowest BCUT2D eigenvalue weighted by Gasteiger charge is -2.43. The average Bonchev–Trinajstić information content (AvgIpc) is 2.69. The van der Waals surface area contributed by atoms with Gasteiger partial charge in [-0.15, -0.1) is 0 Å². The van der Waals surface area contributed by atoms with Gasteiger partial charge in [0.15, 0.2) is 11.5 Å². The quantitative estimate of drug-likeness (QED) is 0.510. The second-order valence-electron chi connectivity index (χ2n) is 9.16. The zero-order valence-electron chi connectivity index (χ0n) is 18.8. The Morgan fingerprint density at radius 2 is 1.86 bits per heavy atom. The van der Waals surface area contributed by atoms with E-state index >= 15 is 0 Å². The fourth-order valence-corrected chi connectivity index (χ4v) is 4.19. The summed E-state index contributed by atoms with van der Waals surface area (Å²) in [5.74, 6) is 2.93. The normalized spacial score (nSPS) is 22.6. The van der Waals surface area contributed by atoms with Crippen LogP contribution in [0.25, 0.3) is 0 Å². The van der Waals surface area contributed by atoms with E-state index in [0.717, 1.165) is 37.1 Å². The van der Waals surface area contributed by atoms with Gasteiger partial charge in [0.25, 0.3) is 0 Å². The molecule has 1 N–H and O–H groups in total. The van der Waals surface area contributed by atoms with E-state index in [2.05, 4.69) is 45.1 Å². The lowest BCUT2D eigenvalue weighted by Crippen LogP contribution is -2.39. The van der Waals surface area contributed by atoms with Gasteiger partial charge in [0, 0.05) is 13.2 Å². The number of ether oxygens (including phenoxy) is 3. The summed E-state index contributed by atoms with van der Waals surface area (Å²) in [6, 6.07) is 6.14. The number of rotatable bonds is 11. The zero-order valence-corrected chi connectivity index (χ0v) is 18.8. The Morgan fingerprint density at radius 1 is 1.11 bits per heavy atom. The molecule has 0 amide bonds. The number of hydrogen-bond acceptors (Lipinski definition) is 4. The average molecular weight is 392 g/mol. The van der Waals surface area contributed by atoms with Gasteiger partial charge >= 0.3 is 0 Å². The van der Waals surface area contributed by atoms with Gasteiger partial charge in [-0.05, 0) is 67.2 Å². The van der Waals surface area contributed by atoms with Crippen molar-refractivity contribution in [1.29, 1.82) is 0 Å². The first-order valence-corrected chi connectivity index (χ1v) is 10.9. The summed E-state index contributed by atoms with van der Waals surface area (Å²) in [4.78, 5) is 0. The molecule has 0 aromatic heterocycles. The van der Waals surface area contributed by atoms with Crippen LogP contribution in [0.1, 0.15) is 65.4 Å². The summed E-state index contributed by atoms with van der Waals surface area (Å²) in [5.41, 5.74) is 1.64. The topological polar surface area (TPSA) is 39.7 Å². The van der Waals surface area contributed by atoms with Gasteiger partial charge in [0.2, 0.25) is 0 Å². The smallest absolute Gasteiger partial charge is 0.161 e. The molecule has 1 saturated heterocycles. The third-order valence-corrected chi connectivity index (χ3v) is 6.20. The van der Waals surface area contributed by atoms with E-state index in [4.69, 9.17) is 14.2 Å². The van der Waals surface area contributed by atoms with E-state index in [1.807, 2.05) is 6.07 Å². The van der Waals surface area contributed by atoms with Gasteiger partial charge in [-0.3, -0.25) is 0 Å². The molecule has 2 rings (SSSR count). The second-order valence-corrected chi connectivity index (χ2v) is 9.16. The van der Waals surface area contributed by atoms with Crippen LogP contribution in [-0.2, 0) is 11.3 Å². The van der Waals surface area contributed by atoms with E-state index in [1.54, 1.807) is 14.2 Å². The van der Waals surface area contributed by atoms with E-state index < -0.39 is 0 Å². The van der Waals surface area contributed by atoms with Gasteiger partial charge in [0.05, 0.1) is 20.3 Å². The minimum Gasteiger partial charge on any atom is -0.493 e. The Hall–Kier alpha value is -1.26. The molecule has 2 atom stereocenters. The molecule has 4 nitrogen and oxygen atoms in total. The van der Waals surface area contributed by atoms with Crippen LogP contribution in [-0.4, -0.2) is 33.5 Å². The number of nitrogens with one attached hydrogen (secondary N) is 1. The predicted molar refractivity (Wildman–Crippen MR) is 116 cm³/mol. The van der Waals surface area contributed by atoms with Crippen LogP contribution in [0, 0.1) is 17.3 Å². The number of benzene rings is 1. The maximum absolute atomic E-state index is 6.08.